The van der Waals surface area contributed by atoms with Crippen LogP contribution in [0, 0.1) is 11.2 Å². The molecule has 0 unspecified atom stereocenters. The summed E-state index contributed by atoms with van der Waals surface area (Å²) in [7, 11) is 1.58. The van der Waals surface area contributed by atoms with E-state index in [1.807, 2.05) is 24.3 Å². The lowest BCUT2D eigenvalue weighted by atomic mass is 9.79. The van der Waals surface area contributed by atoms with Crippen molar-refractivity contribution >= 4 is 17.3 Å². The fraction of sp³-hybridized carbons (Fsp3) is 0.273. The molecule has 148 valence electrons. The van der Waals surface area contributed by atoms with Crippen LogP contribution in [0.25, 0.3) is 0 Å². The van der Waals surface area contributed by atoms with Gasteiger partial charge < -0.3 is 4.74 Å². The number of halogens is 1. The Labute approximate surface area is 168 Å². The summed E-state index contributed by atoms with van der Waals surface area (Å²) in [6, 6.07) is 12.8. The van der Waals surface area contributed by atoms with Crippen molar-refractivity contribution in [3.8, 4) is 5.75 Å². The summed E-state index contributed by atoms with van der Waals surface area (Å²) in [5, 5.41) is 13.3. The lowest BCUT2D eigenvalue weighted by Crippen LogP contribution is -2.23. The average Bonchev–Trinajstić information content (AvgIpc) is 2.93. The van der Waals surface area contributed by atoms with Gasteiger partial charge in [-0.3, -0.25) is 4.79 Å². The molecule has 0 N–H and O–H groups in total. The Bertz CT molecular complexity index is 1100. The molecule has 0 fully saturated rings. The van der Waals surface area contributed by atoms with E-state index in [4.69, 9.17) is 4.74 Å². The summed E-state index contributed by atoms with van der Waals surface area (Å²) in [5.74, 6) is -0.0797. The van der Waals surface area contributed by atoms with Crippen LogP contribution in [0.5, 0.6) is 5.75 Å². The molecule has 2 bridgehead atoms. The molecular weight excluding hydrogens is 371 g/mol. The van der Waals surface area contributed by atoms with Gasteiger partial charge in [0.1, 0.15) is 22.9 Å². The number of hydrogen-bond donors (Lipinski definition) is 0. The Morgan fingerprint density at radius 1 is 1.10 bits per heavy atom. The van der Waals surface area contributed by atoms with Crippen LogP contribution in [0.3, 0.4) is 0 Å². The van der Waals surface area contributed by atoms with Gasteiger partial charge in [-0.1, -0.05) is 26.0 Å². The summed E-state index contributed by atoms with van der Waals surface area (Å²) in [6.45, 7) is 4.26. The Kier molecular flexibility index (Phi) is 4.74. The SMILES string of the molecule is COc1ccccc1N=Nc1c2nn(C(=O)c3ccc(F)cc3)c1CC(C)(C)C2. The summed E-state index contributed by atoms with van der Waals surface area (Å²) < 4.78 is 19.9. The first-order valence-electron chi connectivity index (χ1n) is 9.34. The van der Waals surface area contributed by atoms with E-state index < -0.39 is 0 Å². The third-order valence-corrected chi connectivity index (χ3v) is 4.94. The van der Waals surface area contributed by atoms with Crippen LogP contribution in [0.1, 0.15) is 35.6 Å². The number of carbonyl (C=O) groups is 1. The maximum absolute atomic E-state index is 13.2. The molecule has 1 aliphatic carbocycles. The topological polar surface area (TPSA) is 68.8 Å². The minimum atomic E-state index is -0.389. The molecule has 4 rings (SSSR count). The zero-order chi connectivity index (χ0) is 20.6. The number of fused-ring (bicyclic) bond motifs is 2. The number of rotatable bonds is 4. The van der Waals surface area contributed by atoms with Crippen molar-refractivity contribution in [1.29, 1.82) is 0 Å². The van der Waals surface area contributed by atoms with E-state index in [-0.39, 0.29) is 17.1 Å². The van der Waals surface area contributed by atoms with Gasteiger partial charge in [-0.2, -0.15) is 9.78 Å². The van der Waals surface area contributed by atoms with Gasteiger partial charge in [0.05, 0.1) is 18.5 Å². The number of methoxy groups -OCH3 is 1. The second kappa shape index (κ2) is 7.24. The van der Waals surface area contributed by atoms with Crippen molar-refractivity contribution in [3.63, 3.8) is 0 Å². The number of carbonyl (C=O) groups excluding carboxylic acids is 1. The molecule has 0 aliphatic heterocycles. The number of benzene rings is 2. The third-order valence-electron chi connectivity index (χ3n) is 4.94. The van der Waals surface area contributed by atoms with Crippen molar-refractivity contribution < 1.29 is 13.9 Å². The maximum atomic E-state index is 13.2. The quantitative estimate of drug-likeness (QED) is 0.569. The summed E-state index contributed by atoms with van der Waals surface area (Å²) in [4.78, 5) is 13.0. The number of ether oxygens (including phenoxy) is 1. The van der Waals surface area contributed by atoms with Crippen molar-refractivity contribution in [2.45, 2.75) is 26.7 Å². The van der Waals surface area contributed by atoms with Crippen LogP contribution in [-0.4, -0.2) is 22.8 Å². The first kappa shape index (κ1) is 19.0. The van der Waals surface area contributed by atoms with E-state index in [2.05, 4.69) is 29.2 Å². The first-order valence-corrected chi connectivity index (χ1v) is 9.34. The van der Waals surface area contributed by atoms with Crippen LogP contribution in [0.2, 0.25) is 0 Å². The fourth-order valence-electron chi connectivity index (χ4n) is 3.56. The summed E-state index contributed by atoms with van der Waals surface area (Å²) in [6.07, 6.45) is 1.32. The molecule has 0 saturated heterocycles. The van der Waals surface area contributed by atoms with E-state index in [0.717, 1.165) is 5.69 Å². The Hall–Kier alpha value is -3.35. The molecule has 6 nitrogen and oxygen atoms in total. The molecule has 0 saturated carbocycles. The predicted octanol–water partition coefficient (Wildman–Crippen LogP) is 5.26. The van der Waals surface area contributed by atoms with Crippen LogP contribution in [0.15, 0.2) is 58.8 Å². The fourth-order valence-corrected chi connectivity index (χ4v) is 3.56. The molecular formula is C22H21FN4O2. The van der Waals surface area contributed by atoms with Crippen LogP contribution < -0.4 is 4.74 Å². The molecule has 1 aliphatic rings. The van der Waals surface area contributed by atoms with Crippen molar-refractivity contribution in [3.05, 3.63) is 71.3 Å². The number of azo groups is 1. The first-order chi connectivity index (χ1) is 13.9. The van der Waals surface area contributed by atoms with Crippen LogP contribution >= 0.6 is 0 Å². The molecule has 29 heavy (non-hydrogen) atoms. The van der Waals surface area contributed by atoms with E-state index in [1.54, 1.807) is 7.11 Å². The lowest BCUT2D eigenvalue weighted by Gasteiger charge is -2.26. The van der Waals surface area contributed by atoms with Gasteiger partial charge in [0.25, 0.3) is 5.91 Å². The second-order valence-electron chi connectivity index (χ2n) is 7.86. The number of nitrogens with zero attached hydrogens (tertiary/aromatic N) is 4. The molecule has 2 aromatic carbocycles. The molecule has 1 aromatic heterocycles. The smallest absolute Gasteiger partial charge is 0.278 e. The lowest BCUT2D eigenvalue weighted by molar-refractivity contribution is 0.0941. The Morgan fingerprint density at radius 2 is 1.83 bits per heavy atom. The highest BCUT2D eigenvalue weighted by molar-refractivity contribution is 5.96. The van der Waals surface area contributed by atoms with E-state index in [9.17, 15) is 9.18 Å². The Morgan fingerprint density at radius 3 is 2.55 bits per heavy atom. The highest BCUT2D eigenvalue weighted by Crippen LogP contribution is 2.41. The van der Waals surface area contributed by atoms with Crippen molar-refractivity contribution in [2.24, 2.45) is 15.6 Å². The molecule has 1 heterocycles. The minimum absolute atomic E-state index is 0.0462. The van der Waals surface area contributed by atoms with Gasteiger partial charge in [0, 0.05) is 5.56 Å². The molecule has 0 atom stereocenters. The second-order valence-corrected chi connectivity index (χ2v) is 7.86. The zero-order valence-electron chi connectivity index (χ0n) is 16.5. The molecule has 3 aromatic rings. The van der Waals surface area contributed by atoms with Gasteiger partial charge in [0.2, 0.25) is 0 Å². The standard InChI is InChI=1S/C22H21FN4O2/c1-22(2)12-17-20(25-24-16-6-4-5-7-19(16)29-3)18(13-22)27(26-17)21(28)14-8-10-15(23)11-9-14/h4-11H,12-13H2,1-3H3. The Balaban J connectivity index is 1.75. The van der Waals surface area contributed by atoms with Gasteiger partial charge >= 0.3 is 0 Å². The summed E-state index contributed by atoms with van der Waals surface area (Å²) in [5.41, 5.74) is 2.98. The van der Waals surface area contributed by atoms with Gasteiger partial charge in [-0.05, 0) is 54.7 Å². The third kappa shape index (κ3) is 3.68. The van der Waals surface area contributed by atoms with E-state index in [0.29, 0.717) is 41.2 Å². The average molecular weight is 392 g/mol. The monoisotopic (exact) mass is 392 g/mol. The van der Waals surface area contributed by atoms with E-state index >= 15 is 0 Å². The van der Waals surface area contributed by atoms with E-state index in [1.165, 1.54) is 28.9 Å². The molecule has 0 amide bonds. The molecule has 0 spiro atoms. The van der Waals surface area contributed by atoms with Gasteiger partial charge in [-0.15, -0.1) is 10.2 Å². The molecule has 7 heteroatoms. The van der Waals surface area contributed by atoms with Crippen molar-refractivity contribution in [1.82, 2.24) is 9.78 Å². The predicted molar refractivity (Wildman–Crippen MR) is 107 cm³/mol. The zero-order valence-corrected chi connectivity index (χ0v) is 16.5. The van der Waals surface area contributed by atoms with Gasteiger partial charge in [-0.25, -0.2) is 4.39 Å². The molecule has 0 radical (unpaired) electrons. The van der Waals surface area contributed by atoms with Crippen LogP contribution in [-0.2, 0) is 12.8 Å². The normalized spacial score (nSPS) is 14.9. The highest BCUT2D eigenvalue weighted by atomic mass is 19.1. The minimum Gasteiger partial charge on any atom is -0.494 e. The summed E-state index contributed by atoms with van der Waals surface area (Å²) >= 11 is 0. The maximum Gasteiger partial charge on any atom is 0.278 e. The largest absolute Gasteiger partial charge is 0.494 e. The van der Waals surface area contributed by atoms with Crippen molar-refractivity contribution in [2.75, 3.05) is 7.11 Å². The number of para-hydroxylation sites is 1. The van der Waals surface area contributed by atoms with Gasteiger partial charge in [0.15, 0.2) is 0 Å². The highest BCUT2D eigenvalue weighted by Gasteiger charge is 2.35. The number of hydrogen-bond acceptors (Lipinski definition) is 5. The number of aromatic nitrogens is 2. The van der Waals surface area contributed by atoms with Crippen LogP contribution in [0.4, 0.5) is 15.8 Å².